The summed E-state index contributed by atoms with van der Waals surface area (Å²) in [4.78, 5) is 0. The molecule has 76 valence electrons. The molecule has 2 unspecified atom stereocenters. The van der Waals surface area contributed by atoms with Gasteiger partial charge in [-0.15, -0.1) is 0 Å². The summed E-state index contributed by atoms with van der Waals surface area (Å²) < 4.78 is 22.1. The number of hydrogen-bond donors (Lipinski definition) is 0. The predicted octanol–water partition coefficient (Wildman–Crippen LogP) is 2.97. The molecule has 0 spiro atoms. The Hall–Kier alpha value is -0.110. The summed E-state index contributed by atoms with van der Waals surface area (Å²) in [6, 6.07) is 0. The Morgan fingerprint density at radius 2 is 2.31 bits per heavy atom. The van der Waals surface area contributed by atoms with E-state index >= 15 is 0 Å². The molecular weight excluding hydrogens is 187 g/mol. The van der Waals surface area contributed by atoms with Gasteiger partial charge in [0.05, 0.1) is 6.10 Å². The van der Waals surface area contributed by atoms with E-state index in [0.29, 0.717) is 6.16 Å². The Balaban J connectivity index is 2.46. The normalized spacial score (nSPS) is 27.1. The summed E-state index contributed by atoms with van der Waals surface area (Å²) in [6.45, 7) is 1.82. The van der Waals surface area contributed by atoms with Crippen molar-refractivity contribution in [3.05, 3.63) is 12.2 Å². The summed E-state index contributed by atoms with van der Waals surface area (Å²) in [7, 11) is -1.34. The quantitative estimate of drug-likeness (QED) is 0.521. The van der Waals surface area contributed by atoms with Gasteiger partial charge in [0.15, 0.2) is 0 Å². The van der Waals surface area contributed by atoms with Crippen molar-refractivity contribution in [1.82, 2.24) is 0 Å². The van der Waals surface area contributed by atoms with Crippen LogP contribution >= 0.6 is 7.60 Å². The highest BCUT2D eigenvalue weighted by molar-refractivity contribution is 7.53. The highest BCUT2D eigenvalue weighted by Crippen LogP contribution is 2.49. The van der Waals surface area contributed by atoms with Crippen LogP contribution in [0.25, 0.3) is 0 Å². The fourth-order valence-corrected chi connectivity index (χ4v) is 2.47. The van der Waals surface area contributed by atoms with Gasteiger partial charge in [-0.3, -0.25) is 4.57 Å². The maximum absolute atomic E-state index is 11.8. The summed E-state index contributed by atoms with van der Waals surface area (Å²) in [6.07, 6.45) is 7.54. The van der Waals surface area contributed by atoms with Crippen molar-refractivity contribution >= 4 is 7.60 Å². The Morgan fingerprint density at radius 1 is 1.54 bits per heavy atom. The third kappa shape index (κ3) is 3.26. The van der Waals surface area contributed by atoms with E-state index in [9.17, 15) is 4.57 Å². The average Bonchev–Trinajstić information content (AvgIpc) is 2.19. The number of hydrogen-bond acceptors (Lipinski definition) is 3. The van der Waals surface area contributed by atoms with E-state index in [4.69, 9.17) is 9.05 Å². The van der Waals surface area contributed by atoms with E-state index < -0.39 is 7.60 Å². The molecule has 0 aromatic carbocycles. The van der Waals surface area contributed by atoms with Gasteiger partial charge in [-0.25, -0.2) is 0 Å². The van der Waals surface area contributed by atoms with Crippen LogP contribution in [-0.2, 0) is 13.6 Å². The number of allylic oxidation sites excluding steroid dienone is 1. The highest BCUT2D eigenvalue weighted by atomic mass is 31.2. The second-order valence-corrected chi connectivity index (χ2v) is 5.55. The zero-order valence-electron chi connectivity index (χ0n) is 8.23. The zero-order valence-corrected chi connectivity index (χ0v) is 9.13. The molecule has 0 radical (unpaired) electrons. The van der Waals surface area contributed by atoms with Crippen LogP contribution < -0.4 is 0 Å². The lowest BCUT2D eigenvalue weighted by Crippen LogP contribution is -2.13. The molecule has 0 saturated heterocycles. The predicted molar refractivity (Wildman–Crippen MR) is 53.0 cm³/mol. The minimum Gasteiger partial charge on any atom is -0.312 e. The fraction of sp³-hybridized carbons (Fsp3) is 0.778. The molecule has 0 saturated carbocycles. The molecule has 13 heavy (non-hydrogen) atoms. The third-order valence-corrected chi connectivity index (χ3v) is 4.15. The van der Waals surface area contributed by atoms with Crippen molar-refractivity contribution in [3.8, 4) is 0 Å². The lowest BCUT2D eigenvalue weighted by molar-refractivity contribution is 0.153. The zero-order chi connectivity index (χ0) is 9.73. The molecule has 2 atom stereocenters. The van der Waals surface area contributed by atoms with Crippen LogP contribution in [0.15, 0.2) is 12.2 Å². The van der Waals surface area contributed by atoms with Crippen LogP contribution in [0.2, 0.25) is 0 Å². The Bertz CT molecular complexity index is 217. The van der Waals surface area contributed by atoms with Crippen molar-refractivity contribution in [3.63, 3.8) is 0 Å². The SMILES string of the molecule is CCP(=O)(OC)OC1CC=CCC1. The maximum Gasteiger partial charge on any atom is 0.330 e. The van der Waals surface area contributed by atoms with E-state index in [1.807, 2.05) is 6.92 Å². The summed E-state index contributed by atoms with van der Waals surface area (Å²) in [5, 5.41) is 0. The summed E-state index contributed by atoms with van der Waals surface area (Å²) in [5.74, 6) is 0. The van der Waals surface area contributed by atoms with Crippen LogP contribution in [0.5, 0.6) is 0 Å². The number of rotatable bonds is 4. The molecule has 3 nitrogen and oxygen atoms in total. The van der Waals surface area contributed by atoms with Crippen molar-refractivity contribution in [2.75, 3.05) is 13.3 Å². The molecule has 0 amide bonds. The minimum atomic E-state index is -2.78. The molecule has 1 aliphatic carbocycles. The molecule has 0 aliphatic heterocycles. The van der Waals surface area contributed by atoms with Gasteiger partial charge < -0.3 is 9.05 Å². The van der Waals surface area contributed by atoms with Crippen LogP contribution in [0.3, 0.4) is 0 Å². The van der Waals surface area contributed by atoms with E-state index in [0.717, 1.165) is 19.3 Å². The van der Waals surface area contributed by atoms with Gasteiger partial charge in [0.25, 0.3) is 0 Å². The first-order chi connectivity index (χ1) is 6.20. The van der Waals surface area contributed by atoms with Crippen LogP contribution in [0, 0.1) is 0 Å². The Labute approximate surface area is 79.7 Å². The second-order valence-electron chi connectivity index (χ2n) is 3.12. The topological polar surface area (TPSA) is 35.5 Å². The first-order valence-corrected chi connectivity index (χ1v) is 6.41. The molecule has 1 aliphatic rings. The monoisotopic (exact) mass is 204 g/mol. The smallest absolute Gasteiger partial charge is 0.312 e. The van der Waals surface area contributed by atoms with Gasteiger partial charge >= 0.3 is 7.60 Å². The highest BCUT2D eigenvalue weighted by Gasteiger charge is 2.25. The molecule has 0 fully saturated rings. The van der Waals surface area contributed by atoms with Crippen LogP contribution in [0.4, 0.5) is 0 Å². The first kappa shape index (κ1) is 11.0. The van der Waals surface area contributed by atoms with Crippen molar-refractivity contribution in [2.24, 2.45) is 0 Å². The molecule has 0 aromatic rings. The van der Waals surface area contributed by atoms with E-state index in [1.165, 1.54) is 7.11 Å². The summed E-state index contributed by atoms with van der Waals surface area (Å²) in [5.41, 5.74) is 0. The molecule has 0 N–H and O–H groups in total. The van der Waals surface area contributed by atoms with Gasteiger partial charge in [0.1, 0.15) is 0 Å². The molecule has 1 rings (SSSR count). The molecule has 0 heterocycles. The van der Waals surface area contributed by atoms with Crippen LogP contribution in [-0.4, -0.2) is 19.4 Å². The van der Waals surface area contributed by atoms with E-state index in [2.05, 4.69) is 12.2 Å². The second kappa shape index (κ2) is 4.94. The largest absolute Gasteiger partial charge is 0.330 e. The molecular formula is C9H17O3P. The molecule has 4 heteroatoms. The van der Waals surface area contributed by atoms with Gasteiger partial charge in [0.2, 0.25) is 0 Å². The molecule has 0 bridgehead atoms. The van der Waals surface area contributed by atoms with Gasteiger partial charge in [0, 0.05) is 13.3 Å². The fourth-order valence-electron chi connectivity index (χ4n) is 1.34. The Morgan fingerprint density at radius 3 is 2.77 bits per heavy atom. The maximum atomic E-state index is 11.8. The van der Waals surface area contributed by atoms with Crippen molar-refractivity contribution in [2.45, 2.75) is 32.3 Å². The summed E-state index contributed by atoms with van der Waals surface area (Å²) >= 11 is 0. The van der Waals surface area contributed by atoms with Crippen molar-refractivity contribution in [1.29, 1.82) is 0 Å². The van der Waals surface area contributed by atoms with E-state index in [1.54, 1.807) is 0 Å². The standard InChI is InChI=1S/C9H17O3P/c1-3-13(10,11-2)12-9-7-5-4-6-8-9/h4-5,9H,3,6-8H2,1-2H3. The first-order valence-electron chi connectivity index (χ1n) is 4.68. The van der Waals surface area contributed by atoms with Crippen LogP contribution in [0.1, 0.15) is 26.2 Å². The minimum absolute atomic E-state index is 0.0794. The van der Waals surface area contributed by atoms with Gasteiger partial charge in [-0.2, -0.15) is 0 Å². The van der Waals surface area contributed by atoms with Gasteiger partial charge in [-0.1, -0.05) is 19.1 Å². The van der Waals surface area contributed by atoms with Crippen molar-refractivity contribution < 1.29 is 13.6 Å². The van der Waals surface area contributed by atoms with Gasteiger partial charge in [-0.05, 0) is 19.3 Å². The average molecular weight is 204 g/mol. The third-order valence-electron chi connectivity index (χ3n) is 2.20. The van der Waals surface area contributed by atoms with E-state index in [-0.39, 0.29) is 6.10 Å². The molecule has 0 aromatic heterocycles. The Kier molecular flexibility index (Phi) is 4.17. The lowest BCUT2D eigenvalue weighted by atomic mass is 10.1. The lowest BCUT2D eigenvalue weighted by Gasteiger charge is -2.23.